The maximum Gasteiger partial charge on any atom is 0.257 e. The van der Waals surface area contributed by atoms with Crippen LogP contribution >= 0.6 is 0 Å². The molecular formula is C21H22N4O2. The molecule has 6 nitrogen and oxygen atoms in total. The summed E-state index contributed by atoms with van der Waals surface area (Å²) < 4.78 is 0. The van der Waals surface area contributed by atoms with Gasteiger partial charge in [-0.2, -0.15) is 0 Å². The standard InChI is InChI=1S/C21H22N4O2/c1-14-10-20(25-9-3-5-17(25)13-26)18-7-6-16(11-19(18)23-14)24-21(27)15-4-2-8-22-12-15/h2,4,6-8,10-12,17,26H,3,5,9,13H2,1H3,(H,24,27)/t17-/m0/s1. The SMILES string of the molecule is Cc1cc(N2CCC[C@H]2CO)c2ccc(NC(=O)c3cccnc3)cc2n1. The van der Waals surface area contributed by atoms with Crippen LogP contribution in [0.4, 0.5) is 11.4 Å². The Kier molecular flexibility index (Phi) is 4.73. The van der Waals surface area contributed by atoms with Crippen LogP contribution in [0.1, 0.15) is 28.9 Å². The van der Waals surface area contributed by atoms with Crippen molar-refractivity contribution in [1.29, 1.82) is 0 Å². The number of hydrogen-bond acceptors (Lipinski definition) is 5. The van der Waals surface area contributed by atoms with Crippen molar-refractivity contribution in [2.24, 2.45) is 0 Å². The van der Waals surface area contributed by atoms with Crippen molar-refractivity contribution in [2.45, 2.75) is 25.8 Å². The van der Waals surface area contributed by atoms with Crippen LogP contribution < -0.4 is 10.2 Å². The highest BCUT2D eigenvalue weighted by Crippen LogP contribution is 2.33. The summed E-state index contributed by atoms with van der Waals surface area (Å²) in [5.41, 5.74) is 4.05. The zero-order valence-electron chi connectivity index (χ0n) is 15.2. The van der Waals surface area contributed by atoms with E-state index < -0.39 is 0 Å². The number of benzene rings is 1. The van der Waals surface area contributed by atoms with Gasteiger partial charge in [0.05, 0.1) is 23.7 Å². The van der Waals surface area contributed by atoms with Gasteiger partial charge in [0.1, 0.15) is 0 Å². The third-order valence-corrected chi connectivity index (χ3v) is 5.00. The van der Waals surface area contributed by atoms with Crippen molar-refractivity contribution in [1.82, 2.24) is 9.97 Å². The van der Waals surface area contributed by atoms with E-state index in [9.17, 15) is 9.90 Å². The number of anilines is 2. The fourth-order valence-corrected chi connectivity index (χ4v) is 3.70. The van der Waals surface area contributed by atoms with Gasteiger partial charge in [0.25, 0.3) is 5.91 Å². The lowest BCUT2D eigenvalue weighted by atomic mass is 10.1. The third-order valence-electron chi connectivity index (χ3n) is 5.00. The Labute approximate surface area is 157 Å². The number of carbonyl (C=O) groups excluding carboxylic acids is 1. The number of nitrogens with zero attached hydrogens (tertiary/aromatic N) is 3. The van der Waals surface area contributed by atoms with Crippen LogP contribution in [-0.4, -0.2) is 40.2 Å². The molecule has 1 atom stereocenters. The first-order valence-corrected chi connectivity index (χ1v) is 9.16. The predicted octanol–water partition coefficient (Wildman–Crippen LogP) is 3.15. The summed E-state index contributed by atoms with van der Waals surface area (Å²) in [6, 6.07) is 11.5. The molecule has 0 bridgehead atoms. The smallest absolute Gasteiger partial charge is 0.257 e. The first-order valence-electron chi connectivity index (χ1n) is 9.16. The number of rotatable bonds is 4. The molecule has 1 aliphatic heterocycles. The van der Waals surface area contributed by atoms with E-state index in [2.05, 4.69) is 26.3 Å². The van der Waals surface area contributed by atoms with Gasteiger partial charge in [-0.25, -0.2) is 0 Å². The molecule has 1 fully saturated rings. The normalized spacial score (nSPS) is 16.7. The van der Waals surface area contributed by atoms with E-state index in [4.69, 9.17) is 0 Å². The number of hydrogen-bond donors (Lipinski definition) is 2. The summed E-state index contributed by atoms with van der Waals surface area (Å²) in [6.07, 6.45) is 5.25. The summed E-state index contributed by atoms with van der Waals surface area (Å²) in [6.45, 7) is 3.05. The molecular weight excluding hydrogens is 340 g/mol. The van der Waals surface area contributed by atoms with Gasteiger partial charge in [-0.1, -0.05) is 0 Å². The van der Waals surface area contributed by atoms with E-state index in [-0.39, 0.29) is 18.6 Å². The average Bonchev–Trinajstić information content (AvgIpc) is 3.16. The highest BCUT2D eigenvalue weighted by Gasteiger charge is 2.25. The van der Waals surface area contributed by atoms with Crippen molar-refractivity contribution in [2.75, 3.05) is 23.4 Å². The number of nitrogens with one attached hydrogen (secondary N) is 1. The molecule has 0 spiro atoms. The van der Waals surface area contributed by atoms with E-state index in [1.807, 2.05) is 25.1 Å². The van der Waals surface area contributed by atoms with Crippen molar-refractivity contribution in [3.63, 3.8) is 0 Å². The summed E-state index contributed by atoms with van der Waals surface area (Å²) >= 11 is 0. The number of pyridine rings is 2. The van der Waals surface area contributed by atoms with Crippen molar-refractivity contribution in [3.05, 3.63) is 60.0 Å². The predicted molar refractivity (Wildman–Crippen MR) is 106 cm³/mol. The monoisotopic (exact) mass is 362 g/mol. The van der Waals surface area contributed by atoms with E-state index in [0.717, 1.165) is 41.7 Å². The van der Waals surface area contributed by atoms with Crippen molar-refractivity contribution in [3.8, 4) is 0 Å². The second-order valence-corrected chi connectivity index (χ2v) is 6.88. The van der Waals surface area contributed by atoms with Crippen LogP contribution in [0.5, 0.6) is 0 Å². The maximum atomic E-state index is 12.4. The van der Waals surface area contributed by atoms with Gasteiger partial charge in [-0.05, 0) is 56.2 Å². The Morgan fingerprint density at radius 1 is 1.33 bits per heavy atom. The molecule has 3 heterocycles. The minimum absolute atomic E-state index is 0.153. The Morgan fingerprint density at radius 3 is 3.00 bits per heavy atom. The minimum atomic E-state index is -0.199. The molecule has 6 heteroatoms. The number of amides is 1. The number of carbonyl (C=O) groups is 1. The summed E-state index contributed by atoms with van der Waals surface area (Å²) in [5.74, 6) is -0.199. The molecule has 138 valence electrons. The summed E-state index contributed by atoms with van der Waals surface area (Å²) in [5, 5.41) is 13.6. The van der Waals surface area contributed by atoms with Crippen LogP contribution in [0.25, 0.3) is 10.9 Å². The van der Waals surface area contributed by atoms with Crippen LogP contribution in [0.3, 0.4) is 0 Å². The van der Waals surface area contributed by atoms with Crippen LogP contribution in [0.15, 0.2) is 48.8 Å². The molecule has 1 aromatic carbocycles. The minimum Gasteiger partial charge on any atom is -0.394 e. The Hall–Kier alpha value is -2.99. The van der Waals surface area contributed by atoms with Crippen LogP contribution in [-0.2, 0) is 0 Å². The molecule has 0 aliphatic carbocycles. The number of aliphatic hydroxyl groups excluding tert-OH is 1. The molecule has 4 rings (SSSR count). The highest BCUT2D eigenvalue weighted by atomic mass is 16.3. The highest BCUT2D eigenvalue weighted by molar-refractivity contribution is 6.05. The molecule has 1 amide bonds. The number of aryl methyl sites for hydroxylation is 1. The van der Waals surface area contributed by atoms with E-state index >= 15 is 0 Å². The zero-order valence-corrected chi connectivity index (χ0v) is 15.2. The van der Waals surface area contributed by atoms with Gasteiger partial charge in [0, 0.05) is 41.4 Å². The molecule has 0 radical (unpaired) electrons. The average molecular weight is 362 g/mol. The van der Waals surface area contributed by atoms with Crippen LogP contribution in [0.2, 0.25) is 0 Å². The Bertz CT molecular complexity index is 975. The Balaban J connectivity index is 1.68. The largest absolute Gasteiger partial charge is 0.394 e. The van der Waals surface area contributed by atoms with Gasteiger partial charge in [-0.3, -0.25) is 14.8 Å². The Morgan fingerprint density at radius 2 is 2.22 bits per heavy atom. The molecule has 2 aromatic heterocycles. The molecule has 0 unspecified atom stereocenters. The maximum absolute atomic E-state index is 12.4. The molecule has 2 N–H and O–H groups in total. The van der Waals surface area contributed by atoms with Gasteiger partial charge in [0.2, 0.25) is 0 Å². The van der Waals surface area contributed by atoms with Gasteiger partial charge < -0.3 is 15.3 Å². The molecule has 3 aromatic rings. The number of aliphatic hydroxyl groups is 1. The molecule has 27 heavy (non-hydrogen) atoms. The van der Waals surface area contributed by atoms with Gasteiger partial charge >= 0.3 is 0 Å². The van der Waals surface area contributed by atoms with E-state index in [0.29, 0.717) is 11.3 Å². The van der Waals surface area contributed by atoms with Crippen LogP contribution in [0, 0.1) is 6.92 Å². The lowest BCUT2D eigenvalue weighted by Gasteiger charge is -2.27. The molecule has 1 aliphatic rings. The van der Waals surface area contributed by atoms with Gasteiger partial charge in [0.15, 0.2) is 0 Å². The molecule has 1 saturated heterocycles. The zero-order chi connectivity index (χ0) is 18.8. The first-order chi connectivity index (χ1) is 13.2. The second-order valence-electron chi connectivity index (χ2n) is 6.88. The lowest BCUT2D eigenvalue weighted by Crippen LogP contribution is -2.32. The molecule has 0 saturated carbocycles. The first kappa shape index (κ1) is 17.4. The van der Waals surface area contributed by atoms with Crippen molar-refractivity contribution >= 4 is 28.2 Å². The van der Waals surface area contributed by atoms with Gasteiger partial charge in [-0.15, -0.1) is 0 Å². The van der Waals surface area contributed by atoms with E-state index in [1.54, 1.807) is 24.5 Å². The van der Waals surface area contributed by atoms with E-state index in [1.165, 1.54) is 0 Å². The third kappa shape index (κ3) is 3.48. The van der Waals surface area contributed by atoms with Crippen molar-refractivity contribution < 1.29 is 9.90 Å². The quantitative estimate of drug-likeness (QED) is 0.745. The second kappa shape index (κ2) is 7.32. The fraction of sp³-hybridized carbons (Fsp3) is 0.286. The summed E-state index contributed by atoms with van der Waals surface area (Å²) in [7, 11) is 0. The lowest BCUT2D eigenvalue weighted by molar-refractivity contribution is 0.102. The topological polar surface area (TPSA) is 78.4 Å². The number of aromatic nitrogens is 2. The fourth-order valence-electron chi connectivity index (χ4n) is 3.70. The summed E-state index contributed by atoms with van der Waals surface area (Å²) in [4.78, 5) is 23.3. The number of fused-ring (bicyclic) bond motifs is 1.